The zero-order valence-electron chi connectivity index (χ0n) is 9.47. The number of hydrogen-bond acceptors (Lipinski definition) is 1. The van der Waals surface area contributed by atoms with E-state index in [1.54, 1.807) is 0 Å². The molecule has 1 N–H and O–H groups in total. The average Bonchev–Trinajstić information content (AvgIpc) is 2.28. The molecule has 0 aliphatic rings. The first-order valence-corrected chi connectivity index (χ1v) is 5.66. The quantitative estimate of drug-likeness (QED) is 0.821. The van der Waals surface area contributed by atoms with Gasteiger partial charge < -0.3 is 5.32 Å². The largest absolute Gasteiger partial charge is 0.348 e. The predicted octanol–water partition coefficient (Wildman–Crippen LogP) is 3.01. The van der Waals surface area contributed by atoms with Crippen LogP contribution in [0.1, 0.15) is 30.1 Å². The summed E-state index contributed by atoms with van der Waals surface area (Å²) in [5.41, 5.74) is -0.135. The summed E-state index contributed by atoms with van der Waals surface area (Å²) in [7, 11) is 0. The van der Waals surface area contributed by atoms with E-state index >= 15 is 0 Å². The maximum atomic E-state index is 13.5. The van der Waals surface area contributed by atoms with Crippen LogP contribution in [0.2, 0.25) is 5.02 Å². The predicted molar refractivity (Wildman–Crippen MR) is 66.4 cm³/mol. The van der Waals surface area contributed by atoms with Crippen LogP contribution in [0.25, 0.3) is 0 Å². The van der Waals surface area contributed by atoms with E-state index in [1.807, 2.05) is 6.92 Å². The zero-order chi connectivity index (χ0) is 12.8. The summed E-state index contributed by atoms with van der Waals surface area (Å²) in [4.78, 5) is 11.8. The molecule has 1 aromatic rings. The third kappa shape index (κ3) is 3.47. The van der Waals surface area contributed by atoms with E-state index in [4.69, 9.17) is 18.0 Å². The van der Waals surface area contributed by atoms with Crippen molar-refractivity contribution in [1.82, 2.24) is 5.32 Å². The minimum Gasteiger partial charge on any atom is -0.348 e. The Bertz CT molecular complexity index is 433. The van der Waals surface area contributed by atoms with Crippen LogP contribution in [-0.2, 0) is 0 Å². The fraction of sp³-hybridized carbons (Fsp3) is 0.308. The van der Waals surface area contributed by atoms with Crippen LogP contribution in [-0.4, -0.2) is 11.9 Å². The molecule has 1 unspecified atom stereocenters. The fourth-order valence-corrected chi connectivity index (χ4v) is 1.66. The maximum absolute atomic E-state index is 13.5. The Balaban J connectivity index is 2.87. The monoisotopic (exact) mass is 253 g/mol. The third-order valence-electron chi connectivity index (χ3n) is 2.38. The molecule has 0 aliphatic carbocycles. The molecule has 4 heteroatoms. The average molecular weight is 254 g/mol. The molecule has 90 valence electrons. The van der Waals surface area contributed by atoms with Gasteiger partial charge in [0.15, 0.2) is 0 Å². The Morgan fingerprint density at radius 2 is 2.35 bits per heavy atom. The molecule has 0 spiro atoms. The molecule has 1 amide bonds. The van der Waals surface area contributed by atoms with Crippen molar-refractivity contribution in [3.63, 3.8) is 0 Å². The number of carbonyl (C=O) groups excluding carboxylic acids is 1. The van der Waals surface area contributed by atoms with Crippen molar-refractivity contribution in [1.29, 1.82) is 0 Å². The van der Waals surface area contributed by atoms with E-state index < -0.39 is 11.7 Å². The number of halogens is 2. The lowest BCUT2D eigenvalue weighted by atomic mass is 10.1. The normalized spacial score (nSPS) is 11.6. The van der Waals surface area contributed by atoms with Gasteiger partial charge in [-0.05, 0) is 18.6 Å². The summed E-state index contributed by atoms with van der Waals surface area (Å²) in [5, 5.41) is 2.76. The molecule has 1 rings (SSSR count). The minimum absolute atomic E-state index is 0.0954. The Morgan fingerprint density at radius 1 is 1.65 bits per heavy atom. The Labute approximate surface area is 105 Å². The number of amides is 1. The Kier molecular flexibility index (Phi) is 4.99. The summed E-state index contributed by atoms with van der Waals surface area (Å²) in [6, 6.07) is 3.96. The molecule has 0 fully saturated rings. The number of rotatable bonds is 4. The second kappa shape index (κ2) is 6.27. The van der Waals surface area contributed by atoms with Crippen molar-refractivity contribution in [2.45, 2.75) is 25.8 Å². The molecule has 1 atom stereocenters. The first-order chi connectivity index (χ1) is 8.10. The highest BCUT2D eigenvalue weighted by atomic mass is 35.5. The highest BCUT2D eigenvalue weighted by Crippen LogP contribution is 2.19. The number of carbonyl (C=O) groups is 1. The highest BCUT2D eigenvalue weighted by molar-refractivity contribution is 6.33. The lowest BCUT2D eigenvalue weighted by Gasteiger charge is -2.15. The van der Waals surface area contributed by atoms with Crippen molar-refractivity contribution in [3.8, 4) is 12.3 Å². The molecule has 0 heterocycles. The topological polar surface area (TPSA) is 29.1 Å². The van der Waals surface area contributed by atoms with Crippen molar-refractivity contribution in [2.75, 3.05) is 0 Å². The molecule has 17 heavy (non-hydrogen) atoms. The van der Waals surface area contributed by atoms with E-state index in [0.29, 0.717) is 12.8 Å². The summed E-state index contributed by atoms with van der Waals surface area (Å²) < 4.78 is 13.5. The van der Waals surface area contributed by atoms with Gasteiger partial charge in [-0.25, -0.2) is 4.39 Å². The number of benzene rings is 1. The Morgan fingerprint density at radius 3 is 2.88 bits per heavy atom. The molecule has 0 radical (unpaired) electrons. The summed E-state index contributed by atoms with van der Waals surface area (Å²) in [6.07, 6.45) is 6.27. The molecule has 1 aromatic carbocycles. The van der Waals surface area contributed by atoms with Crippen LogP contribution >= 0.6 is 11.6 Å². The second-order valence-electron chi connectivity index (χ2n) is 3.58. The second-order valence-corrected chi connectivity index (χ2v) is 3.99. The van der Waals surface area contributed by atoms with Crippen LogP contribution in [0, 0.1) is 18.2 Å². The van der Waals surface area contributed by atoms with E-state index in [-0.39, 0.29) is 16.6 Å². The first kappa shape index (κ1) is 13.5. The van der Waals surface area contributed by atoms with E-state index in [9.17, 15) is 9.18 Å². The van der Waals surface area contributed by atoms with Crippen LogP contribution in [0.4, 0.5) is 4.39 Å². The molecule has 0 bridgehead atoms. The minimum atomic E-state index is -0.634. The lowest BCUT2D eigenvalue weighted by molar-refractivity contribution is 0.0933. The van der Waals surface area contributed by atoms with Crippen LogP contribution < -0.4 is 5.32 Å². The van der Waals surface area contributed by atoms with E-state index in [1.165, 1.54) is 18.2 Å². The molecule has 0 saturated heterocycles. The molecular formula is C13H13ClFNO. The number of terminal acetylenes is 1. The molecule has 2 nitrogen and oxygen atoms in total. The zero-order valence-corrected chi connectivity index (χ0v) is 10.2. The van der Waals surface area contributed by atoms with Gasteiger partial charge in [0.1, 0.15) is 5.82 Å². The summed E-state index contributed by atoms with van der Waals surface area (Å²) in [6.45, 7) is 1.89. The highest BCUT2D eigenvalue weighted by Gasteiger charge is 2.17. The van der Waals surface area contributed by atoms with E-state index in [0.717, 1.165) is 0 Å². The van der Waals surface area contributed by atoms with Crippen LogP contribution in [0.3, 0.4) is 0 Å². The fourth-order valence-electron chi connectivity index (χ4n) is 1.41. The van der Waals surface area contributed by atoms with Crippen LogP contribution in [0.15, 0.2) is 18.2 Å². The van der Waals surface area contributed by atoms with Crippen LogP contribution in [0.5, 0.6) is 0 Å². The molecular weight excluding hydrogens is 241 g/mol. The summed E-state index contributed by atoms with van der Waals surface area (Å²) >= 11 is 5.79. The van der Waals surface area contributed by atoms with Gasteiger partial charge in [-0.2, -0.15) is 0 Å². The van der Waals surface area contributed by atoms with Crippen molar-refractivity contribution in [2.24, 2.45) is 0 Å². The first-order valence-electron chi connectivity index (χ1n) is 5.28. The molecule has 0 aliphatic heterocycles. The van der Waals surface area contributed by atoms with Gasteiger partial charge in [0.25, 0.3) is 5.91 Å². The molecule has 0 aromatic heterocycles. The van der Waals surface area contributed by atoms with Gasteiger partial charge in [-0.3, -0.25) is 4.79 Å². The lowest BCUT2D eigenvalue weighted by Crippen LogP contribution is -2.34. The van der Waals surface area contributed by atoms with Gasteiger partial charge in [0, 0.05) is 12.5 Å². The van der Waals surface area contributed by atoms with Gasteiger partial charge in [-0.1, -0.05) is 24.6 Å². The van der Waals surface area contributed by atoms with Gasteiger partial charge in [-0.15, -0.1) is 12.3 Å². The molecule has 0 saturated carbocycles. The number of nitrogens with one attached hydrogen (secondary N) is 1. The van der Waals surface area contributed by atoms with Crippen molar-refractivity contribution < 1.29 is 9.18 Å². The van der Waals surface area contributed by atoms with E-state index in [2.05, 4.69) is 11.2 Å². The van der Waals surface area contributed by atoms with Gasteiger partial charge >= 0.3 is 0 Å². The van der Waals surface area contributed by atoms with Gasteiger partial charge in [0.05, 0.1) is 10.6 Å². The SMILES string of the molecule is C#CCC(CC)NC(=O)c1c(F)cccc1Cl. The number of hydrogen-bond donors (Lipinski definition) is 1. The Hall–Kier alpha value is -1.53. The van der Waals surface area contributed by atoms with Crippen molar-refractivity contribution in [3.05, 3.63) is 34.6 Å². The maximum Gasteiger partial charge on any atom is 0.256 e. The smallest absolute Gasteiger partial charge is 0.256 e. The van der Waals surface area contributed by atoms with Gasteiger partial charge in [0.2, 0.25) is 0 Å². The standard InChI is InChI=1S/C13H13ClFNO/c1-3-6-9(4-2)16-13(17)12-10(14)7-5-8-11(12)15/h1,5,7-9H,4,6H2,2H3,(H,16,17). The summed E-state index contributed by atoms with van der Waals surface area (Å²) in [5.74, 6) is 1.30. The van der Waals surface area contributed by atoms with Crippen molar-refractivity contribution >= 4 is 17.5 Å². The third-order valence-corrected chi connectivity index (χ3v) is 2.70.